The smallest absolute Gasteiger partial charge is 0.355 e. The predicted molar refractivity (Wildman–Crippen MR) is 44.5 cm³/mol. The van der Waals surface area contributed by atoms with Crippen molar-refractivity contribution in [1.29, 1.82) is 0 Å². The summed E-state index contributed by atoms with van der Waals surface area (Å²) in [6, 6.07) is 3.07. The summed E-state index contributed by atoms with van der Waals surface area (Å²) in [5.41, 5.74) is 0. The van der Waals surface area contributed by atoms with Crippen LogP contribution in [0.2, 0.25) is 0 Å². The first-order chi connectivity index (χ1) is 6.01. The van der Waals surface area contributed by atoms with Gasteiger partial charge in [-0.05, 0) is 13.0 Å². The van der Waals surface area contributed by atoms with E-state index in [0.29, 0.717) is 6.54 Å². The van der Waals surface area contributed by atoms with Gasteiger partial charge in [0.15, 0.2) is 6.20 Å². The van der Waals surface area contributed by atoms with E-state index in [4.69, 9.17) is 4.55 Å². The summed E-state index contributed by atoms with van der Waals surface area (Å²) in [6.07, 6.45) is 3.24. The van der Waals surface area contributed by atoms with Crippen molar-refractivity contribution in [2.75, 3.05) is 0 Å². The van der Waals surface area contributed by atoms with E-state index in [0.717, 1.165) is 0 Å². The van der Waals surface area contributed by atoms with Crippen molar-refractivity contribution < 1.29 is 21.7 Å². The van der Waals surface area contributed by atoms with Gasteiger partial charge in [0.2, 0.25) is 11.9 Å². The van der Waals surface area contributed by atoms with Crippen molar-refractivity contribution in [2.24, 2.45) is 0 Å². The highest BCUT2D eigenvalue weighted by atomic mass is 32.3. The number of aryl methyl sites for hydroxylation is 1. The number of rotatable bonds is 3. The summed E-state index contributed by atoms with van der Waals surface area (Å²) < 4.78 is 35.0. The van der Waals surface area contributed by atoms with Crippen LogP contribution in [0.3, 0.4) is 0 Å². The normalized spacial score (nSPS) is 11.2. The minimum atomic E-state index is -4.42. The summed E-state index contributed by atoms with van der Waals surface area (Å²) >= 11 is 0. The Hall–Kier alpha value is -1.14. The Balaban J connectivity index is 2.90. The van der Waals surface area contributed by atoms with Gasteiger partial charge in [-0.25, -0.2) is 4.57 Å². The SMILES string of the molecule is CC[n+]1cccc(OS(=O)(=O)O)c1. The van der Waals surface area contributed by atoms with E-state index >= 15 is 0 Å². The van der Waals surface area contributed by atoms with Crippen LogP contribution in [0.25, 0.3) is 0 Å². The van der Waals surface area contributed by atoms with E-state index in [1.165, 1.54) is 12.3 Å². The molecule has 1 aromatic rings. The van der Waals surface area contributed by atoms with Crippen LogP contribution in [0.1, 0.15) is 6.92 Å². The topological polar surface area (TPSA) is 67.5 Å². The first-order valence-electron chi connectivity index (χ1n) is 3.67. The van der Waals surface area contributed by atoms with Gasteiger partial charge >= 0.3 is 10.4 Å². The molecule has 0 saturated heterocycles. The second kappa shape index (κ2) is 3.71. The van der Waals surface area contributed by atoms with Gasteiger partial charge in [0.05, 0.1) is 0 Å². The zero-order valence-corrected chi connectivity index (χ0v) is 7.86. The van der Waals surface area contributed by atoms with Gasteiger partial charge in [-0.15, -0.1) is 0 Å². The molecule has 5 nitrogen and oxygen atoms in total. The van der Waals surface area contributed by atoms with Gasteiger partial charge in [0.25, 0.3) is 0 Å². The van der Waals surface area contributed by atoms with Crippen molar-refractivity contribution >= 4 is 10.4 Å². The Labute approximate surface area is 76.5 Å². The minimum Gasteiger partial charge on any atom is -0.355 e. The highest BCUT2D eigenvalue weighted by Gasteiger charge is 2.09. The molecular formula is C7H10NO4S+. The van der Waals surface area contributed by atoms with Crippen LogP contribution in [0, 0.1) is 0 Å². The average Bonchev–Trinajstić information content (AvgIpc) is 2.01. The Morgan fingerprint density at radius 2 is 2.31 bits per heavy atom. The number of hydrogen-bond donors (Lipinski definition) is 1. The zero-order chi connectivity index (χ0) is 9.90. The molecule has 0 saturated carbocycles. The summed E-state index contributed by atoms with van der Waals surface area (Å²) in [5.74, 6) is 0.0897. The Bertz CT molecular complexity index is 387. The number of nitrogens with zero attached hydrogens (tertiary/aromatic N) is 1. The quantitative estimate of drug-likeness (QED) is 0.563. The largest absolute Gasteiger partial charge is 0.446 e. The molecular weight excluding hydrogens is 194 g/mol. The fourth-order valence-electron chi connectivity index (χ4n) is 0.866. The fourth-order valence-corrected chi connectivity index (χ4v) is 1.21. The van der Waals surface area contributed by atoms with E-state index in [2.05, 4.69) is 4.18 Å². The molecule has 1 N–H and O–H groups in total. The monoisotopic (exact) mass is 204 g/mol. The molecule has 1 rings (SSSR count). The third kappa shape index (κ3) is 3.39. The minimum absolute atomic E-state index is 0.0897. The maximum Gasteiger partial charge on any atom is 0.446 e. The second-order valence-corrected chi connectivity index (χ2v) is 3.40. The molecule has 0 radical (unpaired) electrons. The van der Waals surface area contributed by atoms with Crippen LogP contribution in [-0.4, -0.2) is 13.0 Å². The highest BCUT2D eigenvalue weighted by molar-refractivity contribution is 7.81. The molecule has 0 aromatic carbocycles. The second-order valence-electron chi connectivity index (χ2n) is 2.38. The third-order valence-electron chi connectivity index (χ3n) is 1.40. The maximum absolute atomic E-state index is 10.3. The molecule has 0 spiro atoms. The van der Waals surface area contributed by atoms with Gasteiger partial charge in [-0.2, -0.15) is 8.42 Å². The molecule has 0 aliphatic rings. The van der Waals surface area contributed by atoms with Crippen LogP contribution < -0.4 is 8.75 Å². The van der Waals surface area contributed by atoms with Crippen LogP contribution in [0.4, 0.5) is 0 Å². The van der Waals surface area contributed by atoms with Crippen molar-refractivity contribution in [3.8, 4) is 5.75 Å². The molecule has 13 heavy (non-hydrogen) atoms. The lowest BCUT2D eigenvalue weighted by Gasteiger charge is -1.98. The molecule has 0 unspecified atom stereocenters. The van der Waals surface area contributed by atoms with Crippen molar-refractivity contribution in [1.82, 2.24) is 0 Å². The molecule has 0 amide bonds. The molecule has 72 valence electrons. The third-order valence-corrected chi connectivity index (χ3v) is 1.80. The van der Waals surface area contributed by atoms with Crippen molar-refractivity contribution in [3.63, 3.8) is 0 Å². The maximum atomic E-state index is 10.3. The van der Waals surface area contributed by atoms with E-state index in [9.17, 15) is 8.42 Å². The van der Waals surface area contributed by atoms with Crippen molar-refractivity contribution in [3.05, 3.63) is 24.5 Å². The molecule has 0 aliphatic carbocycles. The van der Waals surface area contributed by atoms with Gasteiger partial charge in [-0.1, -0.05) is 0 Å². The first-order valence-corrected chi connectivity index (χ1v) is 5.04. The molecule has 0 aliphatic heterocycles. The summed E-state index contributed by atoms with van der Waals surface area (Å²) in [4.78, 5) is 0. The van der Waals surface area contributed by atoms with Gasteiger partial charge in [0, 0.05) is 6.07 Å². The fraction of sp³-hybridized carbons (Fsp3) is 0.286. The Morgan fingerprint density at radius 1 is 1.62 bits per heavy atom. The molecule has 0 fully saturated rings. The number of aromatic nitrogens is 1. The van der Waals surface area contributed by atoms with Crippen LogP contribution in [-0.2, 0) is 16.9 Å². The zero-order valence-electron chi connectivity index (χ0n) is 7.04. The summed E-state index contributed by atoms with van der Waals surface area (Å²) in [5, 5.41) is 0. The molecule has 1 aromatic heterocycles. The van der Waals surface area contributed by atoms with Gasteiger partial charge in [0.1, 0.15) is 6.54 Å². The summed E-state index contributed by atoms with van der Waals surface area (Å²) in [7, 11) is -4.42. The van der Waals surface area contributed by atoms with Crippen LogP contribution in [0.15, 0.2) is 24.5 Å². The standard InChI is InChI=1S/C7H9NO4S/c1-2-8-5-3-4-7(6-8)12-13(9,10)11/h3-6H,2H2,1H3/p+1. The lowest BCUT2D eigenvalue weighted by atomic mass is 10.4. The van der Waals surface area contributed by atoms with Crippen LogP contribution >= 0.6 is 0 Å². The molecule has 1 heterocycles. The highest BCUT2D eigenvalue weighted by Crippen LogP contribution is 2.07. The first kappa shape index (κ1) is 9.94. The van der Waals surface area contributed by atoms with E-state index in [-0.39, 0.29) is 5.75 Å². The van der Waals surface area contributed by atoms with Gasteiger partial charge in [-0.3, -0.25) is 4.55 Å². The average molecular weight is 204 g/mol. The molecule has 0 bridgehead atoms. The molecule has 0 atom stereocenters. The van der Waals surface area contributed by atoms with E-state index in [1.807, 2.05) is 6.92 Å². The van der Waals surface area contributed by atoms with Crippen LogP contribution in [0.5, 0.6) is 5.75 Å². The van der Waals surface area contributed by atoms with E-state index in [1.54, 1.807) is 16.8 Å². The Morgan fingerprint density at radius 3 is 2.85 bits per heavy atom. The van der Waals surface area contributed by atoms with E-state index < -0.39 is 10.4 Å². The number of pyridine rings is 1. The lowest BCUT2D eigenvalue weighted by molar-refractivity contribution is -0.693. The lowest BCUT2D eigenvalue weighted by Crippen LogP contribution is -2.31. The van der Waals surface area contributed by atoms with Crippen molar-refractivity contribution in [2.45, 2.75) is 13.5 Å². The Kier molecular flexibility index (Phi) is 2.84. The number of hydrogen-bond acceptors (Lipinski definition) is 3. The predicted octanol–water partition coefficient (Wildman–Crippen LogP) is 0.176. The molecule has 6 heteroatoms. The summed E-state index contributed by atoms with van der Waals surface area (Å²) in [6.45, 7) is 2.60. The van der Waals surface area contributed by atoms with Gasteiger partial charge < -0.3 is 4.18 Å².